The second-order valence-electron chi connectivity index (χ2n) is 4.04. The van der Waals surface area contributed by atoms with Gasteiger partial charge in [0.25, 0.3) is 5.92 Å². The van der Waals surface area contributed by atoms with Gasteiger partial charge >= 0.3 is 0 Å². The SMILES string of the molecule is CC1CNCC(C)(C)C1(F)F. The van der Waals surface area contributed by atoms with Crippen LogP contribution < -0.4 is 5.32 Å². The van der Waals surface area contributed by atoms with Crippen molar-refractivity contribution in [2.24, 2.45) is 11.3 Å². The minimum absolute atomic E-state index is 0.407. The lowest BCUT2D eigenvalue weighted by molar-refractivity contribution is -0.159. The Bertz CT molecular complexity index is 154. The van der Waals surface area contributed by atoms with Crippen LogP contribution >= 0.6 is 0 Å². The highest BCUT2D eigenvalue weighted by Crippen LogP contribution is 2.43. The number of alkyl halides is 2. The van der Waals surface area contributed by atoms with Crippen molar-refractivity contribution < 1.29 is 8.78 Å². The van der Waals surface area contributed by atoms with Crippen LogP contribution in [0, 0.1) is 11.3 Å². The number of nitrogens with one attached hydrogen (secondary N) is 1. The smallest absolute Gasteiger partial charge is 0.258 e. The van der Waals surface area contributed by atoms with Crippen molar-refractivity contribution >= 4 is 0 Å². The fourth-order valence-corrected chi connectivity index (χ4v) is 1.51. The van der Waals surface area contributed by atoms with Crippen LogP contribution in [-0.4, -0.2) is 19.0 Å². The van der Waals surface area contributed by atoms with Gasteiger partial charge in [-0.3, -0.25) is 0 Å². The zero-order chi connectivity index (χ0) is 8.70. The van der Waals surface area contributed by atoms with Crippen LogP contribution in [0.15, 0.2) is 0 Å². The average molecular weight is 163 g/mol. The van der Waals surface area contributed by atoms with Gasteiger partial charge in [-0.05, 0) is 0 Å². The Morgan fingerprint density at radius 3 is 2.27 bits per heavy atom. The highest BCUT2D eigenvalue weighted by Gasteiger charge is 2.52. The Balaban J connectivity index is 2.82. The molecular formula is C8H15F2N. The van der Waals surface area contributed by atoms with E-state index in [-0.39, 0.29) is 0 Å². The average Bonchev–Trinajstić information content (AvgIpc) is 1.84. The van der Waals surface area contributed by atoms with Gasteiger partial charge in [0.05, 0.1) is 0 Å². The molecule has 66 valence electrons. The van der Waals surface area contributed by atoms with E-state index in [0.29, 0.717) is 13.1 Å². The van der Waals surface area contributed by atoms with E-state index < -0.39 is 17.3 Å². The van der Waals surface area contributed by atoms with Gasteiger partial charge in [-0.25, -0.2) is 8.78 Å². The van der Waals surface area contributed by atoms with Crippen LogP contribution in [-0.2, 0) is 0 Å². The predicted molar refractivity (Wildman–Crippen MR) is 40.8 cm³/mol. The first-order valence-electron chi connectivity index (χ1n) is 3.96. The third-order valence-corrected chi connectivity index (χ3v) is 2.54. The van der Waals surface area contributed by atoms with Crippen LogP contribution in [0.25, 0.3) is 0 Å². The van der Waals surface area contributed by atoms with Gasteiger partial charge in [0.2, 0.25) is 0 Å². The van der Waals surface area contributed by atoms with E-state index in [1.807, 2.05) is 0 Å². The standard InChI is InChI=1S/C8H15F2N/c1-6-4-11-5-7(2,3)8(6,9)10/h6,11H,4-5H2,1-3H3. The summed E-state index contributed by atoms with van der Waals surface area (Å²) >= 11 is 0. The molecule has 1 fully saturated rings. The zero-order valence-corrected chi connectivity index (χ0v) is 7.25. The fraction of sp³-hybridized carbons (Fsp3) is 1.00. The van der Waals surface area contributed by atoms with Crippen molar-refractivity contribution in [1.29, 1.82) is 0 Å². The highest BCUT2D eigenvalue weighted by atomic mass is 19.3. The molecule has 1 aliphatic heterocycles. The molecule has 0 saturated carbocycles. The number of hydrogen-bond donors (Lipinski definition) is 1. The van der Waals surface area contributed by atoms with Gasteiger partial charge in [-0.1, -0.05) is 20.8 Å². The molecule has 0 aromatic heterocycles. The Labute approximate surface area is 66.2 Å². The number of piperidine rings is 1. The third kappa shape index (κ3) is 1.26. The Kier molecular flexibility index (Phi) is 1.95. The fourth-order valence-electron chi connectivity index (χ4n) is 1.51. The van der Waals surface area contributed by atoms with Gasteiger partial charge < -0.3 is 5.32 Å². The minimum Gasteiger partial charge on any atom is -0.315 e. The van der Waals surface area contributed by atoms with Crippen molar-refractivity contribution in [3.63, 3.8) is 0 Å². The number of rotatable bonds is 0. The molecule has 11 heavy (non-hydrogen) atoms. The summed E-state index contributed by atoms with van der Waals surface area (Å²) in [7, 11) is 0. The van der Waals surface area contributed by atoms with E-state index in [4.69, 9.17) is 0 Å². The first kappa shape index (κ1) is 8.91. The van der Waals surface area contributed by atoms with E-state index in [1.54, 1.807) is 20.8 Å². The van der Waals surface area contributed by atoms with Crippen molar-refractivity contribution in [2.45, 2.75) is 26.7 Å². The molecule has 0 spiro atoms. The van der Waals surface area contributed by atoms with Crippen molar-refractivity contribution in [3.8, 4) is 0 Å². The van der Waals surface area contributed by atoms with Gasteiger partial charge in [0, 0.05) is 24.4 Å². The summed E-state index contributed by atoms with van der Waals surface area (Å²) in [5.41, 5.74) is -0.898. The summed E-state index contributed by atoms with van der Waals surface area (Å²) in [4.78, 5) is 0. The largest absolute Gasteiger partial charge is 0.315 e. The summed E-state index contributed by atoms with van der Waals surface area (Å²) < 4.78 is 26.7. The quantitative estimate of drug-likeness (QED) is 0.575. The maximum atomic E-state index is 13.3. The Morgan fingerprint density at radius 2 is 1.91 bits per heavy atom. The molecule has 1 nitrogen and oxygen atoms in total. The molecular weight excluding hydrogens is 148 g/mol. The summed E-state index contributed by atoms with van der Waals surface area (Å²) in [5, 5.41) is 3.00. The van der Waals surface area contributed by atoms with Gasteiger partial charge in [0.15, 0.2) is 0 Å². The monoisotopic (exact) mass is 163 g/mol. The van der Waals surface area contributed by atoms with Gasteiger partial charge in [0.1, 0.15) is 0 Å². The molecule has 1 rings (SSSR count). The molecule has 0 bridgehead atoms. The third-order valence-electron chi connectivity index (χ3n) is 2.54. The molecule has 1 N–H and O–H groups in total. The van der Waals surface area contributed by atoms with Gasteiger partial charge in [-0.15, -0.1) is 0 Å². The zero-order valence-electron chi connectivity index (χ0n) is 7.25. The first-order chi connectivity index (χ1) is 4.88. The molecule has 3 heteroatoms. The maximum absolute atomic E-state index is 13.3. The van der Waals surface area contributed by atoms with E-state index in [1.165, 1.54) is 0 Å². The van der Waals surface area contributed by atoms with E-state index >= 15 is 0 Å². The lowest BCUT2D eigenvalue weighted by Crippen LogP contribution is -2.55. The van der Waals surface area contributed by atoms with Crippen LogP contribution in [0.1, 0.15) is 20.8 Å². The number of hydrogen-bond acceptors (Lipinski definition) is 1. The second kappa shape index (κ2) is 2.41. The Hall–Kier alpha value is -0.180. The molecule has 1 aliphatic rings. The van der Waals surface area contributed by atoms with Crippen LogP contribution in [0.5, 0.6) is 0 Å². The molecule has 0 amide bonds. The van der Waals surface area contributed by atoms with Crippen molar-refractivity contribution in [2.75, 3.05) is 13.1 Å². The van der Waals surface area contributed by atoms with Crippen LogP contribution in [0.2, 0.25) is 0 Å². The first-order valence-corrected chi connectivity index (χ1v) is 3.96. The normalized spacial score (nSPS) is 35.2. The topological polar surface area (TPSA) is 12.0 Å². The van der Waals surface area contributed by atoms with Crippen LogP contribution in [0.4, 0.5) is 8.78 Å². The maximum Gasteiger partial charge on any atom is 0.258 e. The van der Waals surface area contributed by atoms with Crippen LogP contribution in [0.3, 0.4) is 0 Å². The predicted octanol–water partition coefficient (Wildman–Crippen LogP) is 1.89. The molecule has 1 saturated heterocycles. The van der Waals surface area contributed by atoms with Crippen molar-refractivity contribution in [1.82, 2.24) is 5.32 Å². The summed E-state index contributed by atoms with van der Waals surface area (Å²) in [6.07, 6.45) is 0. The molecule has 0 aromatic rings. The molecule has 1 unspecified atom stereocenters. The van der Waals surface area contributed by atoms with E-state index in [9.17, 15) is 8.78 Å². The van der Waals surface area contributed by atoms with Gasteiger partial charge in [-0.2, -0.15) is 0 Å². The lowest BCUT2D eigenvalue weighted by Gasteiger charge is -2.42. The Morgan fingerprint density at radius 1 is 1.36 bits per heavy atom. The molecule has 1 atom stereocenters. The summed E-state index contributed by atoms with van der Waals surface area (Å²) in [6.45, 7) is 5.64. The lowest BCUT2D eigenvalue weighted by atomic mass is 9.76. The summed E-state index contributed by atoms with van der Waals surface area (Å²) in [6, 6.07) is 0. The molecule has 0 aromatic carbocycles. The van der Waals surface area contributed by atoms with E-state index in [2.05, 4.69) is 5.32 Å². The molecule has 0 aliphatic carbocycles. The molecule has 1 heterocycles. The van der Waals surface area contributed by atoms with E-state index in [0.717, 1.165) is 0 Å². The summed E-state index contributed by atoms with van der Waals surface area (Å²) in [5.74, 6) is -3.08. The minimum atomic E-state index is -2.53. The number of halogens is 2. The highest BCUT2D eigenvalue weighted by molar-refractivity contribution is 4.95. The van der Waals surface area contributed by atoms with Crippen molar-refractivity contribution in [3.05, 3.63) is 0 Å². The molecule has 0 radical (unpaired) electrons. The second-order valence-corrected chi connectivity index (χ2v) is 4.04.